The van der Waals surface area contributed by atoms with Crippen LogP contribution in [0.2, 0.25) is 0 Å². The Kier molecular flexibility index (Phi) is 2.98. The van der Waals surface area contributed by atoms with Gasteiger partial charge in [-0.05, 0) is 11.6 Å². The number of halogens is 4. The summed E-state index contributed by atoms with van der Waals surface area (Å²) in [5, 5.41) is 0. The van der Waals surface area contributed by atoms with Crippen LogP contribution in [0.25, 0.3) is 0 Å². The molecule has 0 atom stereocenters. The van der Waals surface area contributed by atoms with Gasteiger partial charge in [0, 0.05) is 4.43 Å². The molecule has 0 bridgehead atoms. The summed E-state index contributed by atoms with van der Waals surface area (Å²) in [6.45, 7) is 0. The summed E-state index contributed by atoms with van der Waals surface area (Å²) in [6.07, 6.45) is -4.22. The Labute approximate surface area is 81.9 Å². The molecule has 0 amide bonds. The Bertz CT molecular complexity index is 267. The third-order valence-corrected chi connectivity index (χ3v) is 2.29. The molecule has 0 saturated carbocycles. The Morgan fingerprint density at radius 1 is 1.25 bits per heavy atom. The molecular weight excluding hydrogens is 280 g/mol. The van der Waals surface area contributed by atoms with E-state index in [0.29, 0.717) is 9.99 Å². The van der Waals surface area contributed by atoms with Crippen LogP contribution in [-0.2, 0) is 10.6 Å². The summed E-state index contributed by atoms with van der Waals surface area (Å²) in [5.74, 6) is 0. The molecule has 0 nitrogen and oxygen atoms in total. The summed E-state index contributed by atoms with van der Waals surface area (Å²) >= 11 is 2.03. The van der Waals surface area contributed by atoms with Crippen molar-refractivity contribution in [2.75, 3.05) is 0 Å². The van der Waals surface area contributed by atoms with Gasteiger partial charge in [0.15, 0.2) is 0 Å². The maximum absolute atomic E-state index is 12.1. The lowest BCUT2D eigenvalue weighted by atomic mass is 10.1. The molecule has 0 saturated heterocycles. The minimum absolute atomic E-state index is 0.573. The highest BCUT2D eigenvalue weighted by Crippen LogP contribution is 2.29. The van der Waals surface area contributed by atoms with Gasteiger partial charge in [-0.1, -0.05) is 40.8 Å². The molecule has 0 spiro atoms. The van der Waals surface area contributed by atoms with Crippen molar-refractivity contribution in [3.8, 4) is 0 Å². The summed E-state index contributed by atoms with van der Waals surface area (Å²) in [4.78, 5) is 0. The molecule has 1 rings (SSSR count). The lowest BCUT2D eigenvalue weighted by Crippen LogP contribution is -2.04. The number of hydrogen-bond donors (Lipinski definition) is 0. The van der Waals surface area contributed by atoms with Gasteiger partial charge in [-0.2, -0.15) is 13.2 Å². The molecule has 1 aromatic rings. The van der Waals surface area contributed by atoms with E-state index in [1.165, 1.54) is 12.1 Å². The van der Waals surface area contributed by atoms with E-state index in [4.69, 9.17) is 0 Å². The number of alkyl halides is 4. The van der Waals surface area contributed by atoms with Gasteiger partial charge in [-0.3, -0.25) is 0 Å². The highest BCUT2D eigenvalue weighted by atomic mass is 127. The Morgan fingerprint density at radius 3 is 2.42 bits per heavy atom. The highest BCUT2D eigenvalue weighted by Gasteiger charge is 2.30. The highest BCUT2D eigenvalue weighted by molar-refractivity contribution is 14.1. The second-order valence-electron chi connectivity index (χ2n) is 2.33. The SMILES string of the molecule is FC(F)(F)c1cccc(CI)c1. The monoisotopic (exact) mass is 286 g/mol. The zero-order valence-corrected chi connectivity index (χ0v) is 8.19. The molecule has 0 aromatic heterocycles. The molecule has 0 heterocycles. The summed E-state index contributed by atoms with van der Waals surface area (Å²) in [6, 6.07) is 5.36. The lowest BCUT2D eigenvalue weighted by molar-refractivity contribution is -0.137. The van der Waals surface area contributed by atoms with Crippen LogP contribution in [0.5, 0.6) is 0 Å². The molecule has 0 aliphatic rings. The zero-order valence-electron chi connectivity index (χ0n) is 6.03. The topological polar surface area (TPSA) is 0 Å². The average Bonchev–Trinajstić information content (AvgIpc) is 2.03. The number of rotatable bonds is 1. The van der Waals surface area contributed by atoms with Crippen LogP contribution in [0.1, 0.15) is 11.1 Å². The first-order chi connectivity index (χ1) is 5.54. The molecule has 0 N–H and O–H groups in total. The van der Waals surface area contributed by atoms with Crippen LogP contribution in [0.3, 0.4) is 0 Å². The van der Waals surface area contributed by atoms with E-state index in [-0.39, 0.29) is 0 Å². The molecule has 4 heteroatoms. The van der Waals surface area contributed by atoms with Gasteiger partial charge in [0.05, 0.1) is 5.56 Å². The summed E-state index contributed by atoms with van der Waals surface area (Å²) in [5.41, 5.74) is 0.127. The van der Waals surface area contributed by atoms with Crippen molar-refractivity contribution < 1.29 is 13.2 Å². The predicted molar refractivity (Wildman–Crippen MR) is 49.2 cm³/mol. The minimum atomic E-state index is -4.22. The smallest absolute Gasteiger partial charge is 0.166 e. The average molecular weight is 286 g/mol. The van der Waals surface area contributed by atoms with Crippen molar-refractivity contribution in [3.63, 3.8) is 0 Å². The molecule has 0 radical (unpaired) electrons. The summed E-state index contributed by atoms with van der Waals surface area (Å²) < 4.78 is 36.9. The van der Waals surface area contributed by atoms with E-state index in [2.05, 4.69) is 0 Å². The van der Waals surface area contributed by atoms with E-state index in [9.17, 15) is 13.2 Å². The largest absolute Gasteiger partial charge is 0.416 e. The standard InChI is InChI=1S/C8H6F3I/c9-8(10,11)7-3-1-2-6(4-7)5-12/h1-4H,5H2. The Hall–Kier alpha value is -0.260. The Morgan fingerprint density at radius 2 is 1.92 bits per heavy atom. The van der Waals surface area contributed by atoms with E-state index in [1.807, 2.05) is 22.6 Å². The molecule has 1 aromatic carbocycles. The van der Waals surface area contributed by atoms with Gasteiger partial charge in [-0.15, -0.1) is 0 Å². The van der Waals surface area contributed by atoms with Crippen LogP contribution in [-0.4, -0.2) is 0 Å². The van der Waals surface area contributed by atoms with Gasteiger partial charge in [0.2, 0.25) is 0 Å². The molecular formula is C8H6F3I. The summed E-state index contributed by atoms with van der Waals surface area (Å²) in [7, 11) is 0. The first-order valence-electron chi connectivity index (χ1n) is 3.26. The van der Waals surface area contributed by atoms with Crippen molar-refractivity contribution in [1.29, 1.82) is 0 Å². The van der Waals surface area contributed by atoms with Crippen LogP contribution >= 0.6 is 22.6 Å². The fraction of sp³-hybridized carbons (Fsp3) is 0.250. The van der Waals surface area contributed by atoms with Gasteiger partial charge in [0.1, 0.15) is 0 Å². The van der Waals surface area contributed by atoms with E-state index in [0.717, 1.165) is 6.07 Å². The van der Waals surface area contributed by atoms with E-state index >= 15 is 0 Å². The molecule has 12 heavy (non-hydrogen) atoms. The first-order valence-corrected chi connectivity index (χ1v) is 4.78. The molecule has 66 valence electrons. The van der Waals surface area contributed by atoms with Crippen molar-refractivity contribution >= 4 is 22.6 Å². The number of hydrogen-bond acceptors (Lipinski definition) is 0. The lowest BCUT2D eigenvalue weighted by Gasteiger charge is -2.06. The second kappa shape index (κ2) is 3.64. The van der Waals surface area contributed by atoms with Crippen LogP contribution in [0.15, 0.2) is 24.3 Å². The second-order valence-corrected chi connectivity index (χ2v) is 3.09. The maximum Gasteiger partial charge on any atom is 0.416 e. The van der Waals surface area contributed by atoms with Gasteiger partial charge < -0.3 is 0 Å². The number of benzene rings is 1. The van der Waals surface area contributed by atoms with Crippen molar-refractivity contribution in [3.05, 3.63) is 35.4 Å². The first kappa shape index (κ1) is 9.83. The van der Waals surface area contributed by atoms with Crippen molar-refractivity contribution in [1.82, 2.24) is 0 Å². The molecule has 0 aliphatic heterocycles. The minimum Gasteiger partial charge on any atom is -0.166 e. The fourth-order valence-corrected chi connectivity index (χ4v) is 1.31. The maximum atomic E-state index is 12.1. The predicted octanol–water partition coefficient (Wildman–Crippen LogP) is 3.64. The van der Waals surface area contributed by atoms with Gasteiger partial charge in [0.25, 0.3) is 0 Å². The quantitative estimate of drug-likeness (QED) is 0.546. The third-order valence-electron chi connectivity index (χ3n) is 1.41. The third kappa shape index (κ3) is 2.36. The van der Waals surface area contributed by atoms with Gasteiger partial charge >= 0.3 is 6.18 Å². The van der Waals surface area contributed by atoms with E-state index in [1.54, 1.807) is 6.07 Å². The van der Waals surface area contributed by atoms with Crippen molar-refractivity contribution in [2.45, 2.75) is 10.6 Å². The fourth-order valence-electron chi connectivity index (χ4n) is 0.831. The van der Waals surface area contributed by atoms with Crippen LogP contribution in [0, 0.1) is 0 Å². The van der Waals surface area contributed by atoms with Gasteiger partial charge in [-0.25, -0.2) is 0 Å². The zero-order chi connectivity index (χ0) is 9.19. The van der Waals surface area contributed by atoms with Crippen molar-refractivity contribution in [2.24, 2.45) is 0 Å². The normalized spacial score (nSPS) is 11.7. The van der Waals surface area contributed by atoms with Crippen LogP contribution < -0.4 is 0 Å². The molecule has 0 aliphatic carbocycles. The van der Waals surface area contributed by atoms with Crippen LogP contribution in [0.4, 0.5) is 13.2 Å². The Balaban J connectivity index is 3.02. The molecule has 0 fully saturated rings. The molecule has 0 unspecified atom stereocenters. The van der Waals surface area contributed by atoms with E-state index < -0.39 is 11.7 Å².